The monoisotopic (exact) mass is 304 g/mol. The molecule has 0 aliphatic heterocycles. The molecule has 124 valence electrons. The Kier molecular flexibility index (Phi) is 7.96. The molecule has 22 heavy (non-hydrogen) atoms. The fourth-order valence-corrected chi connectivity index (χ4v) is 2.39. The maximum atomic E-state index is 4.31. The number of hydrogen-bond acceptors (Lipinski definition) is 2. The van der Waals surface area contributed by atoms with E-state index in [-0.39, 0.29) is 5.41 Å². The maximum Gasteiger partial charge on any atom is 0.191 e. The topological polar surface area (TPSA) is 39.7 Å². The smallest absolute Gasteiger partial charge is 0.191 e. The van der Waals surface area contributed by atoms with E-state index in [2.05, 4.69) is 78.6 Å². The van der Waals surface area contributed by atoms with Gasteiger partial charge in [0, 0.05) is 32.1 Å². The second kappa shape index (κ2) is 9.46. The van der Waals surface area contributed by atoms with Gasteiger partial charge in [0.05, 0.1) is 0 Å². The first-order chi connectivity index (χ1) is 10.5. The minimum atomic E-state index is 0.0672. The molecule has 0 aromatic heterocycles. The molecule has 4 nitrogen and oxygen atoms in total. The van der Waals surface area contributed by atoms with Gasteiger partial charge in [0.15, 0.2) is 5.96 Å². The lowest BCUT2D eigenvalue weighted by molar-refractivity contribution is 0.308. The second-order valence-electron chi connectivity index (χ2n) is 6.13. The molecule has 1 aromatic rings. The Balaban J connectivity index is 2.44. The molecule has 0 bridgehead atoms. The summed E-state index contributed by atoms with van der Waals surface area (Å²) in [5, 5.41) is 6.83. The SMILES string of the molecule is CCN(CC)CCNC(=NC)NCC(C)(C)c1ccccc1. The fraction of sp³-hybridized carbons (Fsp3) is 0.611. The van der Waals surface area contributed by atoms with Crippen molar-refractivity contribution in [1.29, 1.82) is 0 Å². The molecule has 0 saturated heterocycles. The largest absolute Gasteiger partial charge is 0.356 e. The highest BCUT2D eigenvalue weighted by atomic mass is 15.2. The lowest BCUT2D eigenvalue weighted by Crippen LogP contribution is -2.45. The third-order valence-electron chi connectivity index (χ3n) is 4.09. The van der Waals surface area contributed by atoms with Gasteiger partial charge in [-0.25, -0.2) is 0 Å². The fourth-order valence-electron chi connectivity index (χ4n) is 2.39. The average Bonchev–Trinajstić information content (AvgIpc) is 2.55. The maximum absolute atomic E-state index is 4.31. The van der Waals surface area contributed by atoms with E-state index in [4.69, 9.17) is 0 Å². The summed E-state index contributed by atoms with van der Waals surface area (Å²) < 4.78 is 0. The van der Waals surface area contributed by atoms with Crippen LogP contribution in [-0.2, 0) is 5.41 Å². The molecule has 0 aliphatic carbocycles. The lowest BCUT2D eigenvalue weighted by atomic mass is 9.85. The van der Waals surface area contributed by atoms with Gasteiger partial charge in [-0.1, -0.05) is 58.0 Å². The van der Waals surface area contributed by atoms with E-state index in [1.165, 1.54) is 5.56 Å². The first-order valence-electron chi connectivity index (χ1n) is 8.26. The number of rotatable bonds is 8. The Hall–Kier alpha value is -1.55. The van der Waals surface area contributed by atoms with Gasteiger partial charge < -0.3 is 15.5 Å². The number of guanidine groups is 1. The molecule has 0 fully saturated rings. The number of nitrogens with one attached hydrogen (secondary N) is 2. The van der Waals surface area contributed by atoms with E-state index in [0.717, 1.165) is 38.7 Å². The lowest BCUT2D eigenvalue weighted by Gasteiger charge is -2.27. The van der Waals surface area contributed by atoms with Crippen molar-refractivity contribution in [1.82, 2.24) is 15.5 Å². The standard InChI is InChI=1S/C18H32N4/c1-6-22(7-2)14-13-20-17(19-5)21-15-18(3,4)16-11-9-8-10-12-16/h8-12H,6-7,13-15H2,1-5H3,(H2,19,20,21). The normalized spacial score (nSPS) is 12.5. The molecule has 0 saturated carbocycles. The van der Waals surface area contributed by atoms with Crippen LogP contribution in [0.25, 0.3) is 0 Å². The molecule has 0 radical (unpaired) electrons. The van der Waals surface area contributed by atoms with E-state index >= 15 is 0 Å². The summed E-state index contributed by atoms with van der Waals surface area (Å²) in [5.74, 6) is 0.871. The van der Waals surface area contributed by atoms with Crippen molar-refractivity contribution in [3.05, 3.63) is 35.9 Å². The van der Waals surface area contributed by atoms with Crippen molar-refractivity contribution < 1.29 is 0 Å². The zero-order valence-electron chi connectivity index (χ0n) is 14.8. The molecule has 4 heteroatoms. The van der Waals surface area contributed by atoms with Crippen LogP contribution in [0.2, 0.25) is 0 Å². The van der Waals surface area contributed by atoms with Crippen LogP contribution in [0.4, 0.5) is 0 Å². The average molecular weight is 304 g/mol. The first kappa shape index (κ1) is 18.5. The van der Waals surface area contributed by atoms with Crippen LogP contribution in [0, 0.1) is 0 Å². The molecule has 0 heterocycles. The van der Waals surface area contributed by atoms with E-state index in [1.807, 2.05) is 7.05 Å². The van der Waals surface area contributed by atoms with Gasteiger partial charge in [0.1, 0.15) is 0 Å². The van der Waals surface area contributed by atoms with E-state index in [9.17, 15) is 0 Å². The molecule has 1 aromatic carbocycles. The molecule has 0 unspecified atom stereocenters. The van der Waals surface area contributed by atoms with Gasteiger partial charge in [-0.15, -0.1) is 0 Å². The Morgan fingerprint density at radius 1 is 1.09 bits per heavy atom. The van der Waals surface area contributed by atoms with Gasteiger partial charge in [-0.3, -0.25) is 4.99 Å². The van der Waals surface area contributed by atoms with Crippen LogP contribution in [0.3, 0.4) is 0 Å². The highest BCUT2D eigenvalue weighted by Gasteiger charge is 2.20. The molecule has 0 amide bonds. The van der Waals surface area contributed by atoms with Crippen LogP contribution in [0.1, 0.15) is 33.3 Å². The van der Waals surface area contributed by atoms with Gasteiger partial charge in [0.2, 0.25) is 0 Å². The van der Waals surface area contributed by atoms with Crippen LogP contribution in [-0.4, -0.2) is 50.6 Å². The molecular formula is C18H32N4. The van der Waals surface area contributed by atoms with Crippen molar-refractivity contribution in [3.63, 3.8) is 0 Å². The molecule has 2 N–H and O–H groups in total. The second-order valence-corrected chi connectivity index (χ2v) is 6.13. The van der Waals surface area contributed by atoms with Crippen molar-refractivity contribution in [2.45, 2.75) is 33.1 Å². The summed E-state index contributed by atoms with van der Waals surface area (Å²) in [5.41, 5.74) is 1.40. The van der Waals surface area contributed by atoms with E-state index in [0.29, 0.717) is 0 Å². The van der Waals surface area contributed by atoms with Crippen LogP contribution in [0.15, 0.2) is 35.3 Å². The summed E-state index contributed by atoms with van der Waals surface area (Å²) in [7, 11) is 1.82. The Labute approximate surface area is 136 Å². The van der Waals surface area contributed by atoms with Crippen LogP contribution in [0.5, 0.6) is 0 Å². The predicted octanol–water partition coefficient (Wildman–Crippen LogP) is 2.47. The van der Waals surface area contributed by atoms with Gasteiger partial charge >= 0.3 is 0 Å². The number of hydrogen-bond donors (Lipinski definition) is 2. The van der Waals surface area contributed by atoms with Crippen molar-refractivity contribution in [2.24, 2.45) is 4.99 Å². The summed E-state index contributed by atoms with van der Waals surface area (Å²) in [6.07, 6.45) is 0. The number of nitrogens with zero attached hydrogens (tertiary/aromatic N) is 2. The Bertz CT molecular complexity index is 436. The Morgan fingerprint density at radius 3 is 2.27 bits per heavy atom. The number of likely N-dealkylation sites (N-methyl/N-ethyl adjacent to an activating group) is 1. The summed E-state index contributed by atoms with van der Waals surface area (Å²) in [4.78, 5) is 6.71. The van der Waals surface area contributed by atoms with Crippen molar-refractivity contribution >= 4 is 5.96 Å². The minimum Gasteiger partial charge on any atom is -0.356 e. The summed E-state index contributed by atoms with van der Waals surface area (Å²) >= 11 is 0. The number of aliphatic imine (C=N–C) groups is 1. The van der Waals surface area contributed by atoms with E-state index in [1.54, 1.807) is 0 Å². The molecular weight excluding hydrogens is 272 g/mol. The molecule has 0 aliphatic rings. The van der Waals surface area contributed by atoms with Crippen molar-refractivity contribution in [3.8, 4) is 0 Å². The van der Waals surface area contributed by atoms with Crippen LogP contribution < -0.4 is 10.6 Å². The molecule has 0 atom stereocenters. The predicted molar refractivity (Wildman–Crippen MR) is 96.6 cm³/mol. The third-order valence-corrected chi connectivity index (χ3v) is 4.09. The minimum absolute atomic E-state index is 0.0672. The van der Waals surface area contributed by atoms with Crippen LogP contribution >= 0.6 is 0 Å². The zero-order valence-corrected chi connectivity index (χ0v) is 14.8. The number of benzene rings is 1. The van der Waals surface area contributed by atoms with Gasteiger partial charge in [-0.05, 0) is 18.7 Å². The summed E-state index contributed by atoms with van der Waals surface area (Å²) in [6.45, 7) is 13.9. The van der Waals surface area contributed by atoms with Gasteiger partial charge in [-0.2, -0.15) is 0 Å². The molecule has 1 rings (SSSR count). The third kappa shape index (κ3) is 6.06. The van der Waals surface area contributed by atoms with Gasteiger partial charge in [0.25, 0.3) is 0 Å². The quantitative estimate of drug-likeness (QED) is 0.572. The summed E-state index contributed by atoms with van der Waals surface area (Å²) in [6, 6.07) is 10.6. The highest BCUT2D eigenvalue weighted by molar-refractivity contribution is 5.79. The Morgan fingerprint density at radius 2 is 1.73 bits per heavy atom. The molecule has 0 spiro atoms. The first-order valence-corrected chi connectivity index (χ1v) is 8.26. The van der Waals surface area contributed by atoms with Crippen molar-refractivity contribution in [2.75, 3.05) is 39.8 Å². The highest BCUT2D eigenvalue weighted by Crippen LogP contribution is 2.21. The zero-order chi connectivity index (χ0) is 16.4. The van der Waals surface area contributed by atoms with E-state index < -0.39 is 0 Å².